The number of aromatic nitrogens is 1. The minimum absolute atomic E-state index is 0.0697. The van der Waals surface area contributed by atoms with E-state index in [0.29, 0.717) is 0 Å². The molecule has 0 bridgehead atoms. The van der Waals surface area contributed by atoms with E-state index in [9.17, 15) is 36.9 Å². The number of pyridine rings is 1. The molecule has 1 rings (SSSR count). The molecule has 21 heavy (non-hydrogen) atoms. The first-order valence-corrected chi connectivity index (χ1v) is 4.95. The van der Waals surface area contributed by atoms with Crippen molar-refractivity contribution in [2.45, 2.75) is 19.2 Å². The van der Waals surface area contributed by atoms with Crippen LogP contribution < -0.4 is 4.74 Å². The predicted molar refractivity (Wildman–Crippen MR) is 53.9 cm³/mol. The van der Waals surface area contributed by atoms with E-state index in [1.165, 1.54) is 0 Å². The fourth-order valence-electron chi connectivity index (χ4n) is 1.33. The highest BCUT2D eigenvalue weighted by molar-refractivity contribution is 5.71. The average molecular weight is 316 g/mol. The smallest absolute Gasteiger partial charge is 0.481 e. The standard InChI is InChI=1S/C9H5F5N2O5/c10-8(11)7-4(16(19)20)2-5(21-9(12,13)14)3(15-7)1-6(17)18/h2,8H,1H2,(H,17,18). The van der Waals surface area contributed by atoms with E-state index < -0.39 is 52.9 Å². The topological polar surface area (TPSA) is 103 Å². The monoisotopic (exact) mass is 316 g/mol. The predicted octanol–water partition coefficient (Wildman–Crippen LogP) is 2.45. The number of aliphatic carboxylic acids is 1. The van der Waals surface area contributed by atoms with Gasteiger partial charge in [-0.1, -0.05) is 0 Å². The molecule has 0 aliphatic heterocycles. The second-order valence-electron chi connectivity index (χ2n) is 3.51. The van der Waals surface area contributed by atoms with Gasteiger partial charge in [-0.15, -0.1) is 13.2 Å². The van der Waals surface area contributed by atoms with Gasteiger partial charge >= 0.3 is 12.3 Å². The van der Waals surface area contributed by atoms with Crippen LogP contribution in [0.25, 0.3) is 0 Å². The molecule has 0 amide bonds. The van der Waals surface area contributed by atoms with Crippen LogP contribution in [0.2, 0.25) is 0 Å². The van der Waals surface area contributed by atoms with Crippen LogP contribution in [-0.4, -0.2) is 27.3 Å². The van der Waals surface area contributed by atoms with E-state index in [1.54, 1.807) is 0 Å². The molecule has 0 atom stereocenters. The lowest BCUT2D eigenvalue weighted by Crippen LogP contribution is -2.20. The van der Waals surface area contributed by atoms with Crippen LogP contribution in [0.3, 0.4) is 0 Å². The molecular formula is C9H5F5N2O5. The Labute approximate surface area is 112 Å². The second kappa shape index (κ2) is 5.85. The summed E-state index contributed by atoms with van der Waals surface area (Å²) >= 11 is 0. The number of halogens is 5. The summed E-state index contributed by atoms with van der Waals surface area (Å²) in [4.78, 5) is 22.6. The Bertz CT molecular complexity index is 574. The van der Waals surface area contributed by atoms with Crippen molar-refractivity contribution in [3.8, 4) is 5.75 Å². The summed E-state index contributed by atoms with van der Waals surface area (Å²) in [5, 5.41) is 19.1. The number of ether oxygens (including phenoxy) is 1. The molecule has 116 valence electrons. The number of carboxylic acid groups (broad SMARTS) is 1. The summed E-state index contributed by atoms with van der Waals surface area (Å²) in [6.45, 7) is 0. The number of nitrogens with zero attached hydrogens (tertiary/aromatic N) is 2. The van der Waals surface area contributed by atoms with Crippen LogP contribution in [-0.2, 0) is 11.2 Å². The summed E-state index contributed by atoms with van der Waals surface area (Å²) in [6.07, 6.45) is -9.95. The highest BCUT2D eigenvalue weighted by Crippen LogP contribution is 2.34. The van der Waals surface area contributed by atoms with Crippen molar-refractivity contribution in [3.05, 3.63) is 27.6 Å². The Morgan fingerprint density at radius 1 is 1.48 bits per heavy atom. The van der Waals surface area contributed by atoms with Crippen LogP contribution in [0.15, 0.2) is 6.07 Å². The van der Waals surface area contributed by atoms with Crippen molar-refractivity contribution in [1.82, 2.24) is 4.98 Å². The molecule has 12 heteroatoms. The van der Waals surface area contributed by atoms with Crippen LogP contribution in [0.5, 0.6) is 5.75 Å². The lowest BCUT2D eigenvalue weighted by molar-refractivity contribution is -0.386. The first-order chi connectivity index (χ1) is 9.51. The number of rotatable bonds is 5. The van der Waals surface area contributed by atoms with Gasteiger partial charge in [0.05, 0.1) is 23.1 Å². The van der Waals surface area contributed by atoms with Crippen molar-refractivity contribution >= 4 is 11.7 Å². The summed E-state index contributed by atoms with van der Waals surface area (Å²) < 4.78 is 65.0. The molecule has 0 spiro atoms. The molecular weight excluding hydrogens is 311 g/mol. The third-order valence-electron chi connectivity index (χ3n) is 2.02. The van der Waals surface area contributed by atoms with Gasteiger partial charge in [0.15, 0.2) is 11.4 Å². The van der Waals surface area contributed by atoms with Crippen LogP contribution >= 0.6 is 0 Å². The summed E-state index contributed by atoms with van der Waals surface area (Å²) in [6, 6.07) is 0.0697. The van der Waals surface area contributed by atoms with Crippen molar-refractivity contribution < 1.29 is 41.5 Å². The fourth-order valence-corrected chi connectivity index (χ4v) is 1.33. The van der Waals surface area contributed by atoms with E-state index in [4.69, 9.17) is 5.11 Å². The van der Waals surface area contributed by atoms with Gasteiger partial charge in [0.1, 0.15) is 0 Å². The van der Waals surface area contributed by atoms with Crippen molar-refractivity contribution in [1.29, 1.82) is 0 Å². The third-order valence-corrected chi connectivity index (χ3v) is 2.02. The lowest BCUT2D eigenvalue weighted by atomic mass is 10.2. The molecule has 0 saturated carbocycles. The number of carboxylic acids is 1. The SMILES string of the molecule is O=C(O)Cc1nc(C(F)F)c([N+](=O)[O-])cc1OC(F)(F)F. The van der Waals surface area contributed by atoms with Gasteiger partial charge in [0, 0.05) is 0 Å². The van der Waals surface area contributed by atoms with E-state index >= 15 is 0 Å². The van der Waals surface area contributed by atoms with Gasteiger partial charge in [-0.3, -0.25) is 14.9 Å². The van der Waals surface area contributed by atoms with Gasteiger partial charge in [0.25, 0.3) is 12.1 Å². The first kappa shape index (κ1) is 16.5. The molecule has 0 fully saturated rings. The number of nitro groups is 1. The molecule has 1 aromatic rings. The van der Waals surface area contributed by atoms with Crippen molar-refractivity contribution in [2.75, 3.05) is 0 Å². The Hall–Kier alpha value is -2.53. The van der Waals surface area contributed by atoms with Gasteiger partial charge in [0.2, 0.25) is 0 Å². The maximum absolute atomic E-state index is 12.6. The molecule has 0 radical (unpaired) electrons. The zero-order valence-corrected chi connectivity index (χ0v) is 9.73. The average Bonchev–Trinajstić information content (AvgIpc) is 2.27. The van der Waals surface area contributed by atoms with Gasteiger partial charge in [-0.25, -0.2) is 13.8 Å². The lowest BCUT2D eigenvalue weighted by Gasteiger charge is -2.13. The molecule has 0 saturated heterocycles. The first-order valence-electron chi connectivity index (χ1n) is 4.95. The second-order valence-corrected chi connectivity index (χ2v) is 3.51. The molecule has 0 unspecified atom stereocenters. The number of hydrogen-bond donors (Lipinski definition) is 1. The molecule has 1 heterocycles. The summed E-state index contributed by atoms with van der Waals surface area (Å²) in [5.41, 5.74) is -3.84. The van der Waals surface area contributed by atoms with Gasteiger partial charge in [-0.05, 0) is 0 Å². The maximum atomic E-state index is 12.6. The Morgan fingerprint density at radius 3 is 2.43 bits per heavy atom. The zero-order valence-electron chi connectivity index (χ0n) is 9.73. The molecule has 0 aromatic carbocycles. The van der Waals surface area contributed by atoms with Crippen LogP contribution in [0.4, 0.5) is 27.6 Å². The molecule has 0 aliphatic rings. The van der Waals surface area contributed by atoms with E-state index in [-0.39, 0.29) is 6.07 Å². The third kappa shape index (κ3) is 4.50. The molecule has 0 aliphatic carbocycles. The van der Waals surface area contributed by atoms with E-state index in [0.717, 1.165) is 0 Å². The zero-order chi connectivity index (χ0) is 16.4. The van der Waals surface area contributed by atoms with Crippen LogP contribution in [0, 0.1) is 10.1 Å². The van der Waals surface area contributed by atoms with E-state index in [1.807, 2.05) is 0 Å². The minimum Gasteiger partial charge on any atom is -0.481 e. The Balaban J connectivity index is 3.47. The highest BCUT2D eigenvalue weighted by Gasteiger charge is 2.35. The minimum atomic E-state index is -5.30. The van der Waals surface area contributed by atoms with Crippen molar-refractivity contribution in [3.63, 3.8) is 0 Å². The van der Waals surface area contributed by atoms with Crippen LogP contribution in [0.1, 0.15) is 17.8 Å². The van der Waals surface area contributed by atoms with E-state index in [2.05, 4.69) is 9.72 Å². The molecule has 1 aromatic heterocycles. The molecule has 7 nitrogen and oxygen atoms in total. The number of alkyl halides is 5. The van der Waals surface area contributed by atoms with Gasteiger partial charge < -0.3 is 9.84 Å². The number of carbonyl (C=O) groups is 1. The highest BCUT2D eigenvalue weighted by atomic mass is 19.4. The Kier molecular flexibility index (Phi) is 4.60. The summed E-state index contributed by atoms with van der Waals surface area (Å²) in [7, 11) is 0. The number of hydrogen-bond acceptors (Lipinski definition) is 5. The van der Waals surface area contributed by atoms with Gasteiger partial charge in [-0.2, -0.15) is 0 Å². The Morgan fingerprint density at radius 2 is 2.05 bits per heavy atom. The largest absolute Gasteiger partial charge is 0.573 e. The maximum Gasteiger partial charge on any atom is 0.573 e. The van der Waals surface area contributed by atoms with Crippen molar-refractivity contribution in [2.24, 2.45) is 0 Å². The quantitative estimate of drug-likeness (QED) is 0.508. The fraction of sp³-hybridized carbons (Fsp3) is 0.333. The molecule has 1 N–H and O–H groups in total. The summed E-state index contributed by atoms with van der Waals surface area (Å²) in [5.74, 6) is -3.00. The normalized spacial score (nSPS) is 11.5.